The predicted octanol–water partition coefficient (Wildman–Crippen LogP) is 3.22. The van der Waals surface area contributed by atoms with Crippen molar-refractivity contribution in [1.82, 2.24) is 5.32 Å². The van der Waals surface area contributed by atoms with E-state index in [0.717, 1.165) is 12.0 Å². The van der Waals surface area contributed by atoms with Crippen LogP contribution in [0.4, 0.5) is 10.5 Å². The normalized spacial score (nSPS) is 10.1. The maximum atomic E-state index is 11.6. The molecule has 0 spiro atoms. The molecule has 0 radical (unpaired) electrons. The smallest absolute Gasteiger partial charge is 0.407 e. The summed E-state index contributed by atoms with van der Waals surface area (Å²) < 4.78 is 5.16. The molecule has 0 atom stereocenters. The molecule has 2 aromatic carbocycles. The van der Waals surface area contributed by atoms with E-state index in [0.29, 0.717) is 13.2 Å². The van der Waals surface area contributed by atoms with Crippen molar-refractivity contribution in [3.63, 3.8) is 0 Å². The lowest BCUT2D eigenvalue weighted by Gasteiger charge is -2.12. The number of benzene rings is 2. The lowest BCUT2D eigenvalue weighted by Crippen LogP contribution is -2.26. The monoisotopic (exact) mass is 298 g/mol. The number of carbonyl (C=O) groups is 1. The van der Waals surface area contributed by atoms with Crippen molar-refractivity contribution < 1.29 is 9.53 Å². The number of hydrogen-bond acceptors (Lipinski definition) is 3. The molecule has 22 heavy (non-hydrogen) atoms. The molecule has 0 aliphatic heterocycles. The van der Waals surface area contributed by atoms with Gasteiger partial charge >= 0.3 is 6.09 Å². The molecule has 0 heterocycles. The van der Waals surface area contributed by atoms with Gasteiger partial charge < -0.3 is 15.0 Å². The van der Waals surface area contributed by atoms with Crippen LogP contribution < -0.4 is 10.2 Å². The van der Waals surface area contributed by atoms with Crippen LogP contribution in [0.1, 0.15) is 11.1 Å². The Morgan fingerprint density at radius 3 is 2.32 bits per heavy atom. The minimum absolute atomic E-state index is 0.296. The number of anilines is 1. The molecule has 4 nitrogen and oxygen atoms in total. The van der Waals surface area contributed by atoms with Crippen LogP contribution in [0, 0.1) is 0 Å². The van der Waals surface area contributed by atoms with Crippen LogP contribution in [-0.4, -0.2) is 26.7 Å². The third-order valence-corrected chi connectivity index (χ3v) is 3.35. The fourth-order valence-corrected chi connectivity index (χ4v) is 2.04. The van der Waals surface area contributed by atoms with Crippen molar-refractivity contribution in [2.24, 2.45) is 0 Å². The van der Waals surface area contributed by atoms with E-state index in [4.69, 9.17) is 4.74 Å². The Hall–Kier alpha value is -2.49. The van der Waals surface area contributed by atoms with E-state index in [1.54, 1.807) is 0 Å². The van der Waals surface area contributed by atoms with Gasteiger partial charge in [-0.2, -0.15) is 0 Å². The summed E-state index contributed by atoms with van der Waals surface area (Å²) in [6.07, 6.45) is 0.405. The van der Waals surface area contributed by atoms with E-state index in [1.165, 1.54) is 11.3 Å². The fourth-order valence-electron chi connectivity index (χ4n) is 2.04. The largest absolute Gasteiger partial charge is 0.445 e. The van der Waals surface area contributed by atoms with Crippen molar-refractivity contribution in [3.05, 3.63) is 65.7 Å². The number of rotatable bonds is 6. The molecule has 0 aliphatic rings. The van der Waals surface area contributed by atoms with Crippen molar-refractivity contribution in [2.45, 2.75) is 13.0 Å². The highest BCUT2D eigenvalue weighted by Crippen LogP contribution is 2.12. The van der Waals surface area contributed by atoms with E-state index < -0.39 is 0 Å². The van der Waals surface area contributed by atoms with Crippen molar-refractivity contribution in [3.8, 4) is 0 Å². The Morgan fingerprint density at radius 1 is 1.00 bits per heavy atom. The fraction of sp³-hybridized carbons (Fsp3) is 0.278. The molecule has 0 fully saturated rings. The number of hydrogen-bond donors (Lipinski definition) is 1. The SMILES string of the molecule is CN(C)c1ccc(CCNC(=O)OCc2ccccc2)cc1. The second kappa shape index (κ2) is 8.08. The summed E-state index contributed by atoms with van der Waals surface area (Å²) in [5, 5.41) is 2.77. The first-order valence-corrected chi connectivity index (χ1v) is 7.36. The summed E-state index contributed by atoms with van der Waals surface area (Å²) in [7, 11) is 4.03. The van der Waals surface area contributed by atoms with E-state index in [2.05, 4.69) is 34.5 Å². The maximum Gasteiger partial charge on any atom is 0.407 e. The van der Waals surface area contributed by atoms with E-state index in [9.17, 15) is 4.79 Å². The van der Waals surface area contributed by atoms with Gasteiger partial charge in [-0.1, -0.05) is 42.5 Å². The number of nitrogens with one attached hydrogen (secondary N) is 1. The van der Waals surface area contributed by atoms with Gasteiger partial charge in [-0.25, -0.2) is 4.79 Å². The zero-order valence-electron chi connectivity index (χ0n) is 13.1. The molecule has 0 aromatic heterocycles. The zero-order chi connectivity index (χ0) is 15.8. The van der Waals surface area contributed by atoms with Gasteiger partial charge in [-0.15, -0.1) is 0 Å². The second-order valence-corrected chi connectivity index (χ2v) is 5.30. The van der Waals surface area contributed by atoms with Crippen LogP contribution in [0.3, 0.4) is 0 Å². The summed E-state index contributed by atoms with van der Waals surface area (Å²) in [4.78, 5) is 13.7. The highest BCUT2D eigenvalue weighted by Gasteiger charge is 2.02. The Kier molecular flexibility index (Phi) is 5.83. The number of nitrogens with zero attached hydrogens (tertiary/aromatic N) is 1. The van der Waals surface area contributed by atoms with E-state index in [-0.39, 0.29) is 6.09 Å². The molecule has 1 N–H and O–H groups in total. The topological polar surface area (TPSA) is 41.6 Å². The molecule has 1 amide bonds. The molecule has 0 aliphatic carbocycles. The summed E-state index contributed by atoms with van der Waals surface area (Å²) in [5.41, 5.74) is 3.34. The van der Waals surface area contributed by atoms with Crippen LogP contribution in [0.5, 0.6) is 0 Å². The second-order valence-electron chi connectivity index (χ2n) is 5.30. The number of ether oxygens (including phenoxy) is 1. The van der Waals surface area contributed by atoms with Gasteiger partial charge in [0.2, 0.25) is 0 Å². The van der Waals surface area contributed by atoms with Crippen molar-refractivity contribution in [1.29, 1.82) is 0 Å². The third-order valence-electron chi connectivity index (χ3n) is 3.35. The molecule has 2 aromatic rings. The highest BCUT2D eigenvalue weighted by molar-refractivity contribution is 5.67. The van der Waals surface area contributed by atoms with Gasteiger partial charge in [0.05, 0.1) is 0 Å². The van der Waals surface area contributed by atoms with E-state index >= 15 is 0 Å². The first kappa shape index (κ1) is 15.9. The van der Waals surface area contributed by atoms with E-state index in [1.807, 2.05) is 44.4 Å². The average molecular weight is 298 g/mol. The Labute approximate surface area is 131 Å². The molecule has 0 saturated heterocycles. The number of carbonyl (C=O) groups excluding carboxylic acids is 1. The van der Waals surface area contributed by atoms with Crippen LogP contribution in [0.15, 0.2) is 54.6 Å². The predicted molar refractivity (Wildman–Crippen MR) is 89.1 cm³/mol. The molecule has 0 saturated carbocycles. The molecule has 0 unspecified atom stereocenters. The zero-order valence-corrected chi connectivity index (χ0v) is 13.1. The first-order valence-electron chi connectivity index (χ1n) is 7.36. The van der Waals surface area contributed by atoms with Crippen LogP contribution >= 0.6 is 0 Å². The summed E-state index contributed by atoms with van der Waals surface area (Å²) in [5.74, 6) is 0. The lowest BCUT2D eigenvalue weighted by atomic mass is 10.1. The van der Waals surface area contributed by atoms with Gasteiger partial charge in [0, 0.05) is 26.3 Å². The van der Waals surface area contributed by atoms with Crippen LogP contribution in [-0.2, 0) is 17.8 Å². The summed E-state index contributed by atoms with van der Waals surface area (Å²) >= 11 is 0. The summed E-state index contributed by atoms with van der Waals surface area (Å²) in [6.45, 7) is 0.860. The van der Waals surface area contributed by atoms with Gasteiger partial charge in [-0.05, 0) is 29.7 Å². The van der Waals surface area contributed by atoms with Gasteiger partial charge in [0.25, 0.3) is 0 Å². The number of amides is 1. The quantitative estimate of drug-likeness (QED) is 0.890. The minimum atomic E-state index is -0.381. The van der Waals surface area contributed by atoms with Crippen LogP contribution in [0.2, 0.25) is 0 Å². The lowest BCUT2D eigenvalue weighted by molar-refractivity contribution is 0.140. The Morgan fingerprint density at radius 2 is 1.68 bits per heavy atom. The Bertz CT molecular complexity index is 580. The molecule has 2 rings (SSSR count). The third kappa shape index (κ3) is 5.13. The van der Waals surface area contributed by atoms with Gasteiger partial charge in [-0.3, -0.25) is 0 Å². The molecule has 4 heteroatoms. The number of alkyl carbamates (subject to hydrolysis) is 1. The van der Waals surface area contributed by atoms with Crippen LogP contribution in [0.25, 0.3) is 0 Å². The summed E-state index contributed by atoms with van der Waals surface area (Å²) in [6, 6.07) is 17.9. The molecule has 116 valence electrons. The molecular formula is C18H22N2O2. The Balaban J connectivity index is 1.68. The molecular weight excluding hydrogens is 276 g/mol. The minimum Gasteiger partial charge on any atom is -0.445 e. The van der Waals surface area contributed by atoms with Gasteiger partial charge in [0.15, 0.2) is 0 Å². The molecule has 0 bridgehead atoms. The highest BCUT2D eigenvalue weighted by atomic mass is 16.5. The van der Waals surface area contributed by atoms with Crippen molar-refractivity contribution >= 4 is 11.8 Å². The van der Waals surface area contributed by atoms with Crippen molar-refractivity contribution in [2.75, 3.05) is 25.5 Å². The van der Waals surface area contributed by atoms with Gasteiger partial charge in [0.1, 0.15) is 6.61 Å². The maximum absolute atomic E-state index is 11.6. The first-order chi connectivity index (χ1) is 10.6. The standard InChI is InChI=1S/C18H22N2O2/c1-20(2)17-10-8-15(9-11-17)12-13-19-18(21)22-14-16-6-4-3-5-7-16/h3-11H,12-14H2,1-2H3,(H,19,21). The average Bonchev–Trinajstić information content (AvgIpc) is 2.54.